The highest BCUT2D eigenvalue weighted by Crippen LogP contribution is 2.34. The lowest BCUT2D eigenvalue weighted by molar-refractivity contribution is 0.635. The highest BCUT2D eigenvalue weighted by atomic mass is 127. The van der Waals surface area contributed by atoms with Crippen molar-refractivity contribution in [2.45, 2.75) is 19.9 Å². The summed E-state index contributed by atoms with van der Waals surface area (Å²) >= 11 is 7.86. The van der Waals surface area contributed by atoms with E-state index < -0.39 is 0 Å². The molecule has 0 saturated carbocycles. The van der Waals surface area contributed by atoms with Crippen LogP contribution in [0.3, 0.4) is 0 Å². The van der Waals surface area contributed by atoms with Crippen molar-refractivity contribution in [1.29, 1.82) is 0 Å². The van der Waals surface area contributed by atoms with Gasteiger partial charge in [-0.15, -0.1) is 11.3 Å². The Morgan fingerprint density at radius 3 is 2.78 bits per heavy atom. The molecule has 0 amide bonds. The van der Waals surface area contributed by atoms with E-state index in [0.717, 1.165) is 6.54 Å². The topological polar surface area (TPSA) is 12.0 Å². The van der Waals surface area contributed by atoms with E-state index in [0.29, 0.717) is 0 Å². The molecule has 1 nitrogen and oxygen atoms in total. The van der Waals surface area contributed by atoms with Gasteiger partial charge in [0.25, 0.3) is 0 Å². The first-order valence-electron chi connectivity index (χ1n) is 5.85. The highest BCUT2D eigenvalue weighted by molar-refractivity contribution is 14.1. The van der Waals surface area contributed by atoms with Crippen LogP contribution in [-0.2, 0) is 0 Å². The minimum atomic E-state index is 0.277. The summed E-state index contributed by atoms with van der Waals surface area (Å²) in [5.74, 6) is 0. The third kappa shape index (κ3) is 3.15. The molecule has 0 aliphatic carbocycles. The van der Waals surface area contributed by atoms with E-state index in [4.69, 9.17) is 0 Å². The van der Waals surface area contributed by atoms with Gasteiger partial charge in [-0.05, 0) is 76.8 Å². The molecular weight excluding hydrogens is 421 g/mol. The zero-order chi connectivity index (χ0) is 13.1. The van der Waals surface area contributed by atoms with Gasteiger partial charge < -0.3 is 5.32 Å². The predicted molar refractivity (Wildman–Crippen MR) is 91.4 cm³/mol. The van der Waals surface area contributed by atoms with Crippen LogP contribution in [-0.4, -0.2) is 6.54 Å². The molecule has 18 heavy (non-hydrogen) atoms. The van der Waals surface area contributed by atoms with Gasteiger partial charge in [-0.25, -0.2) is 0 Å². The molecule has 0 saturated heterocycles. The molecule has 1 N–H and O–H groups in total. The zero-order valence-corrected chi connectivity index (χ0v) is 14.9. The molecule has 2 rings (SSSR count). The summed E-state index contributed by atoms with van der Waals surface area (Å²) in [5, 5.41) is 5.75. The molecule has 4 heteroatoms. The van der Waals surface area contributed by atoms with Crippen LogP contribution < -0.4 is 5.32 Å². The summed E-state index contributed by atoms with van der Waals surface area (Å²) in [6, 6.07) is 8.96. The second kappa shape index (κ2) is 6.50. The number of thiophene rings is 1. The first-order chi connectivity index (χ1) is 8.63. The molecule has 1 aromatic heterocycles. The Balaban J connectivity index is 2.48. The van der Waals surface area contributed by atoms with Crippen molar-refractivity contribution in [1.82, 2.24) is 5.32 Å². The molecule has 0 bridgehead atoms. The number of benzene rings is 1. The maximum atomic E-state index is 3.67. The number of rotatable bonds is 4. The third-order valence-corrected chi connectivity index (χ3v) is 5.32. The SMILES string of the molecule is CCNC(c1cc(I)ccc1Br)c1sccc1C. The van der Waals surface area contributed by atoms with E-state index in [1.54, 1.807) is 0 Å². The first-order valence-corrected chi connectivity index (χ1v) is 8.61. The minimum absolute atomic E-state index is 0.277. The quantitative estimate of drug-likeness (QED) is 0.657. The lowest BCUT2D eigenvalue weighted by Gasteiger charge is -2.20. The molecule has 1 unspecified atom stereocenters. The minimum Gasteiger partial charge on any atom is -0.306 e. The van der Waals surface area contributed by atoms with Crippen LogP contribution in [0.25, 0.3) is 0 Å². The van der Waals surface area contributed by atoms with Crippen molar-refractivity contribution in [3.63, 3.8) is 0 Å². The molecule has 1 heterocycles. The standard InChI is InChI=1S/C14H15BrINS/c1-3-17-13(14-9(2)6-7-18-14)11-8-10(16)4-5-12(11)15/h4-8,13,17H,3H2,1-2H3. The summed E-state index contributed by atoms with van der Waals surface area (Å²) in [6.45, 7) is 5.29. The van der Waals surface area contributed by atoms with E-state index in [-0.39, 0.29) is 6.04 Å². The first kappa shape index (κ1) is 14.5. The summed E-state index contributed by atoms with van der Waals surface area (Å²) in [5.41, 5.74) is 2.67. The normalized spacial score (nSPS) is 12.7. The number of halogens is 2. The van der Waals surface area contributed by atoms with E-state index >= 15 is 0 Å². The molecule has 0 radical (unpaired) electrons. The van der Waals surface area contributed by atoms with Crippen LogP contribution in [0.1, 0.15) is 29.0 Å². The second-order valence-corrected chi connectivity index (χ2v) is 7.17. The Kier molecular flexibility index (Phi) is 5.24. The van der Waals surface area contributed by atoms with Gasteiger partial charge in [-0.3, -0.25) is 0 Å². The maximum Gasteiger partial charge on any atom is 0.0685 e. The lowest BCUT2D eigenvalue weighted by atomic mass is 10.0. The van der Waals surface area contributed by atoms with Gasteiger partial charge in [0.05, 0.1) is 6.04 Å². The van der Waals surface area contributed by atoms with Gasteiger partial charge in [0, 0.05) is 12.9 Å². The van der Waals surface area contributed by atoms with E-state index in [2.05, 4.69) is 87.3 Å². The van der Waals surface area contributed by atoms with Crippen molar-refractivity contribution in [2.75, 3.05) is 6.54 Å². The van der Waals surface area contributed by atoms with Crippen LogP contribution >= 0.6 is 49.9 Å². The van der Waals surface area contributed by atoms with Crippen molar-refractivity contribution >= 4 is 49.9 Å². The summed E-state index contributed by atoms with van der Waals surface area (Å²) in [6.07, 6.45) is 0. The number of hydrogen-bond donors (Lipinski definition) is 1. The fraction of sp³-hybridized carbons (Fsp3) is 0.286. The maximum absolute atomic E-state index is 3.67. The fourth-order valence-corrected chi connectivity index (χ4v) is 3.97. The highest BCUT2D eigenvalue weighted by Gasteiger charge is 2.19. The summed E-state index contributed by atoms with van der Waals surface area (Å²) in [4.78, 5) is 1.40. The molecule has 1 aromatic carbocycles. The molecular formula is C14H15BrINS. The molecule has 0 aliphatic heterocycles. The smallest absolute Gasteiger partial charge is 0.0685 e. The van der Waals surface area contributed by atoms with Crippen LogP contribution in [0.15, 0.2) is 34.1 Å². The average molecular weight is 436 g/mol. The van der Waals surface area contributed by atoms with Crippen molar-refractivity contribution in [2.24, 2.45) is 0 Å². The van der Waals surface area contributed by atoms with Gasteiger partial charge in [-0.1, -0.05) is 22.9 Å². The van der Waals surface area contributed by atoms with Gasteiger partial charge in [-0.2, -0.15) is 0 Å². The Morgan fingerprint density at radius 1 is 1.39 bits per heavy atom. The summed E-state index contributed by atoms with van der Waals surface area (Å²) < 4.78 is 2.43. The second-order valence-electron chi connectivity index (χ2n) is 4.12. The Morgan fingerprint density at radius 2 is 2.17 bits per heavy atom. The van der Waals surface area contributed by atoms with E-state index in [1.807, 2.05) is 11.3 Å². The average Bonchev–Trinajstić information content (AvgIpc) is 2.76. The third-order valence-electron chi connectivity index (χ3n) is 2.84. The number of nitrogens with one attached hydrogen (secondary N) is 1. The van der Waals surface area contributed by atoms with E-state index in [1.165, 1.54) is 24.0 Å². The van der Waals surface area contributed by atoms with Crippen molar-refractivity contribution < 1.29 is 0 Å². The van der Waals surface area contributed by atoms with Crippen molar-refractivity contribution in [3.8, 4) is 0 Å². The number of hydrogen-bond acceptors (Lipinski definition) is 2. The molecule has 2 aromatic rings. The Labute approximate surface area is 134 Å². The van der Waals surface area contributed by atoms with E-state index in [9.17, 15) is 0 Å². The van der Waals surface area contributed by atoms with Gasteiger partial charge >= 0.3 is 0 Å². The molecule has 1 atom stereocenters. The Bertz CT molecular complexity index is 538. The molecule has 96 valence electrons. The monoisotopic (exact) mass is 435 g/mol. The molecule has 0 aliphatic rings. The largest absolute Gasteiger partial charge is 0.306 e. The van der Waals surface area contributed by atoms with Crippen LogP contribution in [0.4, 0.5) is 0 Å². The van der Waals surface area contributed by atoms with Crippen LogP contribution in [0.2, 0.25) is 0 Å². The van der Waals surface area contributed by atoms with Gasteiger partial charge in [0.15, 0.2) is 0 Å². The fourth-order valence-electron chi connectivity index (χ4n) is 1.96. The summed E-state index contributed by atoms with van der Waals surface area (Å²) in [7, 11) is 0. The zero-order valence-electron chi connectivity index (χ0n) is 10.3. The molecule has 0 spiro atoms. The van der Waals surface area contributed by atoms with Gasteiger partial charge in [0.2, 0.25) is 0 Å². The number of aryl methyl sites for hydroxylation is 1. The predicted octanol–water partition coefficient (Wildman–Crippen LogP) is 5.12. The van der Waals surface area contributed by atoms with Crippen molar-refractivity contribution in [3.05, 3.63) is 53.7 Å². The lowest BCUT2D eigenvalue weighted by Crippen LogP contribution is -2.22. The van der Waals surface area contributed by atoms with Gasteiger partial charge in [0.1, 0.15) is 0 Å². The molecule has 0 fully saturated rings. The van der Waals surface area contributed by atoms with Crippen LogP contribution in [0.5, 0.6) is 0 Å². The Hall–Kier alpha value is 0.0900. The van der Waals surface area contributed by atoms with Crippen LogP contribution in [0, 0.1) is 10.5 Å².